The van der Waals surface area contributed by atoms with Gasteiger partial charge < -0.3 is 10.1 Å². The van der Waals surface area contributed by atoms with E-state index >= 15 is 0 Å². The van der Waals surface area contributed by atoms with E-state index in [4.69, 9.17) is 4.74 Å². The van der Waals surface area contributed by atoms with Gasteiger partial charge in [-0.3, -0.25) is 0 Å². The fraction of sp³-hybridized carbons (Fsp3) is 0.571. The van der Waals surface area contributed by atoms with E-state index in [-0.39, 0.29) is 0 Å². The molecule has 0 radical (unpaired) electrons. The average Bonchev–Trinajstić information content (AvgIpc) is 2.82. The van der Waals surface area contributed by atoms with Crippen molar-refractivity contribution in [1.82, 2.24) is 5.32 Å². The molecule has 1 saturated carbocycles. The van der Waals surface area contributed by atoms with Gasteiger partial charge in [-0.2, -0.15) is 0 Å². The summed E-state index contributed by atoms with van der Waals surface area (Å²) in [5.41, 5.74) is 1.30. The highest BCUT2D eigenvalue weighted by molar-refractivity contribution is 9.10. The van der Waals surface area contributed by atoms with Crippen LogP contribution in [0.3, 0.4) is 0 Å². The Bertz CT molecular complexity index is 361. The molecule has 17 heavy (non-hydrogen) atoms. The summed E-state index contributed by atoms with van der Waals surface area (Å²) in [5, 5.41) is 3.55. The molecule has 1 N–H and O–H groups in total. The summed E-state index contributed by atoms with van der Waals surface area (Å²) in [6.07, 6.45) is 5.64. The molecule has 94 valence electrons. The topological polar surface area (TPSA) is 21.3 Å². The first-order valence-electron chi connectivity index (χ1n) is 6.32. The van der Waals surface area contributed by atoms with Crippen molar-refractivity contribution in [3.05, 3.63) is 28.2 Å². The molecule has 2 nitrogen and oxygen atoms in total. The first kappa shape index (κ1) is 12.9. The van der Waals surface area contributed by atoms with Crippen LogP contribution in [0, 0.1) is 5.92 Å². The molecular weight excluding hydrogens is 278 g/mol. The minimum atomic E-state index is 0.893. The zero-order valence-electron chi connectivity index (χ0n) is 10.3. The van der Waals surface area contributed by atoms with Gasteiger partial charge in [-0.05, 0) is 58.9 Å². The van der Waals surface area contributed by atoms with Crippen molar-refractivity contribution in [3.63, 3.8) is 0 Å². The van der Waals surface area contributed by atoms with Gasteiger partial charge in [0.05, 0.1) is 11.6 Å². The maximum atomic E-state index is 5.22. The Hall–Kier alpha value is -0.540. The SMILES string of the molecule is COc1ccc(CNCC2CCCC2)cc1Br. The normalized spacial score (nSPS) is 16.4. The highest BCUT2D eigenvalue weighted by Gasteiger charge is 2.13. The van der Waals surface area contributed by atoms with Gasteiger partial charge in [0.2, 0.25) is 0 Å². The predicted molar refractivity (Wildman–Crippen MR) is 74.4 cm³/mol. The van der Waals surface area contributed by atoms with Crippen LogP contribution in [0.4, 0.5) is 0 Å². The molecule has 1 aliphatic rings. The zero-order chi connectivity index (χ0) is 12.1. The lowest BCUT2D eigenvalue weighted by atomic mass is 10.1. The second-order valence-electron chi connectivity index (χ2n) is 4.75. The molecule has 0 aromatic heterocycles. The van der Waals surface area contributed by atoms with Crippen LogP contribution >= 0.6 is 15.9 Å². The number of ether oxygens (including phenoxy) is 1. The van der Waals surface area contributed by atoms with Crippen LogP contribution in [-0.4, -0.2) is 13.7 Å². The van der Waals surface area contributed by atoms with E-state index in [9.17, 15) is 0 Å². The van der Waals surface area contributed by atoms with Gasteiger partial charge in [0.25, 0.3) is 0 Å². The van der Waals surface area contributed by atoms with Crippen LogP contribution in [0.5, 0.6) is 5.75 Å². The summed E-state index contributed by atoms with van der Waals surface area (Å²) in [5.74, 6) is 1.79. The molecule has 1 aromatic rings. The molecule has 3 heteroatoms. The third-order valence-corrected chi connectivity index (χ3v) is 4.07. The second-order valence-corrected chi connectivity index (χ2v) is 5.60. The van der Waals surface area contributed by atoms with Gasteiger partial charge in [0.15, 0.2) is 0 Å². The van der Waals surface area contributed by atoms with Crippen LogP contribution in [0.2, 0.25) is 0 Å². The van der Waals surface area contributed by atoms with Crippen LogP contribution in [0.1, 0.15) is 31.2 Å². The number of hydrogen-bond acceptors (Lipinski definition) is 2. The fourth-order valence-corrected chi connectivity index (χ4v) is 3.04. The maximum absolute atomic E-state index is 5.22. The van der Waals surface area contributed by atoms with E-state index in [1.54, 1.807) is 7.11 Å². The first-order valence-corrected chi connectivity index (χ1v) is 7.12. The smallest absolute Gasteiger partial charge is 0.133 e. The monoisotopic (exact) mass is 297 g/mol. The molecular formula is C14H20BrNO. The first-order chi connectivity index (χ1) is 8.29. The lowest BCUT2D eigenvalue weighted by Gasteiger charge is -2.11. The van der Waals surface area contributed by atoms with Crippen molar-refractivity contribution in [1.29, 1.82) is 0 Å². The Kier molecular flexibility index (Phi) is 4.86. The minimum absolute atomic E-state index is 0.893. The van der Waals surface area contributed by atoms with E-state index in [0.29, 0.717) is 0 Å². The standard InChI is InChI=1S/C14H20BrNO/c1-17-14-7-6-12(8-13(14)15)10-16-9-11-4-2-3-5-11/h6-8,11,16H,2-5,9-10H2,1H3. The molecule has 0 unspecified atom stereocenters. The molecule has 2 rings (SSSR count). The highest BCUT2D eigenvalue weighted by atomic mass is 79.9. The van der Waals surface area contributed by atoms with Gasteiger partial charge in [-0.1, -0.05) is 18.9 Å². The number of nitrogens with one attached hydrogen (secondary N) is 1. The summed E-state index contributed by atoms with van der Waals surface area (Å²) in [6.45, 7) is 2.10. The predicted octanol–water partition coefficient (Wildman–Crippen LogP) is 3.74. The van der Waals surface area contributed by atoms with Crippen LogP contribution in [-0.2, 0) is 6.54 Å². The molecule has 1 aliphatic carbocycles. The number of hydrogen-bond donors (Lipinski definition) is 1. The minimum Gasteiger partial charge on any atom is -0.496 e. The quantitative estimate of drug-likeness (QED) is 0.894. The van der Waals surface area contributed by atoms with Gasteiger partial charge in [0.1, 0.15) is 5.75 Å². The van der Waals surface area contributed by atoms with Crippen molar-refractivity contribution >= 4 is 15.9 Å². The third-order valence-electron chi connectivity index (χ3n) is 3.45. The number of benzene rings is 1. The highest BCUT2D eigenvalue weighted by Crippen LogP contribution is 2.26. The summed E-state index contributed by atoms with van der Waals surface area (Å²) >= 11 is 3.51. The maximum Gasteiger partial charge on any atom is 0.133 e. The van der Waals surface area contributed by atoms with Crippen molar-refractivity contribution in [2.75, 3.05) is 13.7 Å². The lowest BCUT2D eigenvalue weighted by Crippen LogP contribution is -2.20. The Balaban J connectivity index is 1.80. The van der Waals surface area contributed by atoms with E-state index in [0.717, 1.165) is 29.2 Å². The fourth-order valence-electron chi connectivity index (χ4n) is 2.45. The van der Waals surface area contributed by atoms with E-state index in [1.807, 2.05) is 6.07 Å². The van der Waals surface area contributed by atoms with Crippen LogP contribution < -0.4 is 10.1 Å². The summed E-state index contributed by atoms with van der Waals surface area (Å²) in [7, 11) is 1.69. The van der Waals surface area contributed by atoms with Crippen LogP contribution in [0.15, 0.2) is 22.7 Å². The van der Waals surface area contributed by atoms with E-state index in [1.165, 1.54) is 31.2 Å². The molecule has 1 aromatic carbocycles. The van der Waals surface area contributed by atoms with Gasteiger partial charge in [-0.15, -0.1) is 0 Å². The Morgan fingerprint density at radius 3 is 2.76 bits per heavy atom. The number of methoxy groups -OCH3 is 1. The van der Waals surface area contributed by atoms with Gasteiger partial charge in [-0.25, -0.2) is 0 Å². The molecule has 0 spiro atoms. The number of halogens is 1. The number of rotatable bonds is 5. The van der Waals surface area contributed by atoms with Gasteiger partial charge >= 0.3 is 0 Å². The molecule has 0 atom stereocenters. The van der Waals surface area contributed by atoms with E-state index < -0.39 is 0 Å². The van der Waals surface area contributed by atoms with E-state index in [2.05, 4.69) is 33.4 Å². The molecule has 0 heterocycles. The molecule has 0 saturated heterocycles. The third kappa shape index (κ3) is 3.71. The van der Waals surface area contributed by atoms with Crippen molar-refractivity contribution in [2.24, 2.45) is 5.92 Å². The zero-order valence-corrected chi connectivity index (χ0v) is 11.9. The molecule has 0 bridgehead atoms. The Morgan fingerprint density at radius 2 is 2.12 bits per heavy atom. The Labute approximate surface area is 112 Å². The Morgan fingerprint density at radius 1 is 1.35 bits per heavy atom. The molecule has 0 aliphatic heterocycles. The molecule has 0 amide bonds. The van der Waals surface area contributed by atoms with Crippen molar-refractivity contribution in [2.45, 2.75) is 32.2 Å². The largest absolute Gasteiger partial charge is 0.496 e. The summed E-state index contributed by atoms with van der Waals surface area (Å²) in [6, 6.07) is 6.25. The average molecular weight is 298 g/mol. The van der Waals surface area contributed by atoms with Crippen LogP contribution in [0.25, 0.3) is 0 Å². The van der Waals surface area contributed by atoms with Gasteiger partial charge in [0, 0.05) is 6.54 Å². The second kappa shape index (κ2) is 6.41. The van der Waals surface area contributed by atoms with Crippen molar-refractivity contribution in [3.8, 4) is 5.75 Å². The lowest BCUT2D eigenvalue weighted by molar-refractivity contribution is 0.412. The molecule has 1 fully saturated rings. The summed E-state index contributed by atoms with van der Waals surface area (Å²) < 4.78 is 6.25. The van der Waals surface area contributed by atoms with Crippen molar-refractivity contribution < 1.29 is 4.74 Å². The summed E-state index contributed by atoms with van der Waals surface area (Å²) in [4.78, 5) is 0.